The Morgan fingerprint density at radius 3 is 2.33 bits per heavy atom. The molecule has 1 N–H and O–H groups in total. The molecule has 1 aromatic rings. The lowest BCUT2D eigenvalue weighted by Gasteiger charge is -2.20. The summed E-state index contributed by atoms with van der Waals surface area (Å²) in [6, 6.07) is 5.34. The molecule has 4 heteroatoms. The van der Waals surface area contributed by atoms with Crippen molar-refractivity contribution in [2.45, 2.75) is 18.9 Å². The van der Waals surface area contributed by atoms with Gasteiger partial charge in [0.15, 0.2) is 0 Å². The van der Waals surface area contributed by atoms with Gasteiger partial charge in [0.05, 0.1) is 20.8 Å². The van der Waals surface area contributed by atoms with E-state index < -0.39 is 6.10 Å². The number of allylic oxidation sites excluding steroid dienone is 1. The van der Waals surface area contributed by atoms with E-state index in [1.54, 1.807) is 32.4 Å². The lowest BCUT2D eigenvalue weighted by atomic mass is 10.0. The normalized spacial score (nSPS) is 16.5. The van der Waals surface area contributed by atoms with Crippen LogP contribution in [0, 0.1) is 0 Å². The van der Waals surface area contributed by atoms with E-state index in [9.17, 15) is 5.11 Å². The maximum absolute atomic E-state index is 10.3. The van der Waals surface area contributed by atoms with Crippen LogP contribution in [0.5, 0.6) is 11.5 Å². The van der Waals surface area contributed by atoms with Crippen LogP contribution < -0.4 is 9.47 Å². The number of methoxy groups -OCH3 is 2. The quantitative estimate of drug-likeness (QED) is 0.891. The third-order valence-corrected chi connectivity index (χ3v) is 2.92. The standard InChI is InChI=1S/C14H18O4/c1-16-11-7-10(8-12(9-11)17-2)14(15)13-5-3-4-6-18-13/h5,7-9,14-15H,3-4,6H2,1-2H3. The van der Waals surface area contributed by atoms with Crippen molar-refractivity contribution in [3.63, 3.8) is 0 Å². The van der Waals surface area contributed by atoms with E-state index in [2.05, 4.69) is 0 Å². The predicted molar refractivity (Wildman–Crippen MR) is 67.8 cm³/mol. The van der Waals surface area contributed by atoms with Gasteiger partial charge in [0, 0.05) is 6.07 Å². The Kier molecular flexibility index (Phi) is 4.10. The maximum atomic E-state index is 10.3. The fourth-order valence-corrected chi connectivity index (χ4v) is 1.92. The largest absolute Gasteiger partial charge is 0.497 e. The van der Waals surface area contributed by atoms with E-state index >= 15 is 0 Å². The first-order valence-corrected chi connectivity index (χ1v) is 5.98. The highest BCUT2D eigenvalue weighted by Crippen LogP contribution is 2.31. The van der Waals surface area contributed by atoms with Gasteiger partial charge in [0.1, 0.15) is 23.4 Å². The smallest absolute Gasteiger partial charge is 0.136 e. The first-order valence-electron chi connectivity index (χ1n) is 5.98. The zero-order valence-corrected chi connectivity index (χ0v) is 10.7. The highest BCUT2D eigenvalue weighted by Gasteiger charge is 2.18. The van der Waals surface area contributed by atoms with E-state index in [-0.39, 0.29) is 0 Å². The molecule has 1 unspecified atom stereocenters. The molecule has 0 amide bonds. The molecular weight excluding hydrogens is 232 g/mol. The summed E-state index contributed by atoms with van der Waals surface area (Å²) < 4.78 is 15.8. The molecule has 0 aromatic heterocycles. The van der Waals surface area contributed by atoms with Crippen molar-refractivity contribution in [1.29, 1.82) is 0 Å². The second kappa shape index (κ2) is 5.78. The second-order valence-electron chi connectivity index (χ2n) is 4.15. The number of aliphatic hydroxyl groups excluding tert-OH is 1. The minimum atomic E-state index is -0.769. The Hall–Kier alpha value is -1.68. The molecule has 0 spiro atoms. The number of hydrogen-bond acceptors (Lipinski definition) is 4. The second-order valence-corrected chi connectivity index (χ2v) is 4.15. The molecule has 18 heavy (non-hydrogen) atoms. The van der Waals surface area contributed by atoms with Crippen molar-refractivity contribution in [2.24, 2.45) is 0 Å². The summed E-state index contributed by atoms with van der Waals surface area (Å²) >= 11 is 0. The average molecular weight is 250 g/mol. The highest BCUT2D eigenvalue weighted by molar-refractivity contribution is 5.41. The zero-order chi connectivity index (χ0) is 13.0. The molecule has 1 aliphatic heterocycles. The van der Waals surface area contributed by atoms with Crippen molar-refractivity contribution in [2.75, 3.05) is 20.8 Å². The van der Waals surface area contributed by atoms with Gasteiger partial charge in [0.25, 0.3) is 0 Å². The number of hydrogen-bond donors (Lipinski definition) is 1. The third-order valence-electron chi connectivity index (χ3n) is 2.92. The Bertz CT molecular complexity index is 417. The molecule has 0 bridgehead atoms. The number of ether oxygens (including phenoxy) is 3. The van der Waals surface area contributed by atoms with E-state index in [1.165, 1.54) is 0 Å². The fourth-order valence-electron chi connectivity index (χ4n) is 1.92. The summed E-state index contributed by atoms with van der Waals surface area (Å²) in [5.74, 6) is 1.91. The van der Waals surface area contributed by atoms with E-state index in [1.807, 2.05) is 6.08 Å². The van der Waals surface area contributed by atoms with Gasteiger partial charge < -0.3 is 19.3 Å². The molecule has 2 rings (SSSR count). The van der Waals surface area contributed by atoms with Gasteiger partial charge >= 0.3 is 0 Å². The van der Waals surface area contributed by atoms with E-state index in [4.69, 9.17) is 14.2 Å². The van der Waals surface area contributed by atoms with E-state index in [0.29, 0.717) is 29.4 Å². The van der Waals surface area contributed by atoms with E-state index in [0.717, 1.165) is 12.8 Å². The van der Waals surface area contributed by atoms with Crippen LogP contribution in [0.2, 0.25) is 0 Å². The highest BCUT2D eigenvalue weighted by atomic mass is 16.5. The van der Waals surface area contributed by atoms with Crippen LogP contribution in [0.25, 0.3) is 0 Å². The monoisotopic (exact) mass is 250 g/mol. The summed E-state index contributed by atoms with van der Waals surface area (Å²) in [5.41, 5.74) is 0.708. The average Bonchev–Trinajstić information content (AvgIpc) is 2.46. The van der Waals surface area contributed by atoms with Gasteiger partial charge in [0.2, 0.25) is 0 Å². The summed E-state index contributed by atoms with van der Waals surface area (Å²) in [7, 11) is 3.17. The first kappa shape index (κ1) is 12.8. The number of aliphatic hydroxyl groups is 1. The van der Waals surface area contributed by atoms with Gasteiger partial charge in [-0.3, -0.25) is 0 Å². The molecule has 0 aliphatic carbocycles. The molecular formula is C14H18O4. The van der Waals surface area contributed by atoms with Crippen molar-refractivity contribution in [3.8, 4) is 11.5 Å². The molecule has 0 saturated heterocycles. The van der Waals surface area contributed by atoms with Gasteiger partial charge in [-0.2, -0.15) is 0 Å². The van der Waals surface area contributed by atoms with Crippen LogP contribution in [0.15, 0.2) is 30.0 Å². The Morgan fingerprint density at radius 2 is 1.83 bits per heavy atom. The van der Waals surface area contributed by atoms with Crippen molar-refractivity contribution >= 4 is 0 Å². The summed E-state index contributed by atoms with van der Waals surface area (Å²) in [5, 5.41) is 10.3. The lowest BCUT2D eigenvalue weighted by Crippen LogP contribution is -2.10. The third kappa shape index (κ3) is 2.76. The lowest BCUT2D eigenvalue weighted by molar-refractivity contribution is 0.0915. The maximum Gasteiger partial charge on any atom is 0.136 e. The van der Waals surface area contributed by atoms with Crippen LogP contribution in [0.3, 0.4) is 0 Å². The Balaban J connectivity index is 2.28. The molecule has 1 aromatic carbocycles. The predicted octanol–water partition coefficient (Wildman–Crippen LogP) is 2.43. The molecule has 1 heterocycles. The molecule has 0 fully saturated rings. The van der Waals surface area contributed by atoms with Crippen LogP contribution in [0.1, 0.15) is 24.5 Å². The number of rotatable bonds is 4. The topological polar surface area (TPSA) is 47.9 Å². The van der Waals surface area contributed by atoms with Crippen LogP contribution in [-0.4, -0.2) is 25.9 Å². The van der Waals surface area contributed by atoms with Gasteiger partial charge in [-0.1, -0.05) is 0 Å². The SMILES string of the molecule is COc1cc(OC)cc(C(O)C2=CCCCO2)c1. The Labute approximate surface area is 107 Å². The van der Waals surface area contributed by atoms with Crippen LogP contribution in [0.4, 0.5) is 0 Å². The first-order chi connectivity index (χ1) is 8.74. The minimum Gasteiger partial charge on any atom is -0.497 e. The van der Waals surface area contributed by atoms with Gasteiger partial charge in [-0.05, 0) is 36.6 Å². The molecule has 98 valence electrons. The van der Waals surface area contributed by atoms with Crippen molar-refractivity contribution in [3.05, 3.63) is 35.6 Å². The van der Waals surface area contributed by atoms with Crippen LogP contribution >= 0.6 is 0 Å². The van der Waals surface area contributed by atoms with Gasteiger partial charge in [-0.15, -0.1) is 0 Å². The minimum absolute atomic E-state index is 0.608. The Morgan fingerprint density at radius 1 is 1.17 bits per heavy atom. The summed E-state index contributed by atoms with van der Waals surface area (Å²) in [4.78, 5) is 0. The van der Waals surface area contributed by atoms with Crippen molar-refractivity contribution < 1.29 is 19.3 Å². The molecule has 0 radical (unpaired) electrons. The van der Waals surface area contributed by atoms with Gasteiger partial charge in [-0.25, -0.2) is 0 Å². The molecule has 0 saturated carbocycles. The summed E-state index contributed by atoms with van der Waals surface area (Å²) in [6.45, 7) is 0.657. The zero-order valence-electron chi connectivity index (χ0n) is 10.7. The fraction of sp³-hybridized carbons (Fsp3) is 0.429. The molecule has 1 aliphatic rings. The summed E-state index contributed by atoms with van der Waals surface area (Å²) in [6.07, 6.45) is 3.10. The molecule has 1 atom stereocenters. The van der Waals surface area contributed by atoms with Crippen LogP contribution in [-0.2, 0) is 4.74 Å². The molecule has 4 nitrogen and oxygen atoms in total. The number of benzene rings is 1. The van der Waals surface area contributed by atoms with Crippen molar-refractivity contribution in [1.82, 2.24) is 0 Å².